The van der Waals surface area contributed by atoms with Gasteiger partial charge in [0.05, 0.1) is 11.0 Å². The van der Waals surface area contributed by atoms with Crippen molar-refractivity contribution in [2.75, 3.05) is 0 Å². The minimum Gasteiger partial charge on any atom is -0.331 e. The molecule has 1 aliphatic carbocycles. The SMILES string of the molecule is Cn1c(C2CC(=O)C2)nc2ccccc21. The van der Waals surface area contributed by atoms with Crippen molar-refractivity contribution >= 4 is 16.8 Å². The van der Waals surface area contributed by atoms with E-state index < -0.39 is 0 Å². The van der Waals surface area contributed by atoms with Crippen LogP contribution in [0.5, 0.6) is 0 Å². The number of benzene rings is 1. The quantitative estimate of drug-likeness (QED) is 0.705. The molecule has 0 aliphatic heterocycles. The fourth-order valence-corrected chi connectivity index (χ4v) is 2.20. The van der Waals surface area contributed by atoms with E-state index in [0.717, 1.165) is 16.9 Å². The molecule has 0 N–H and O–H groups in total. The normalized spacial score (nSPS) is 17.0. The fraction of sp³-hybridized carbons (Fsp3) is 0.333. The molecule has 3 heteroatoms. The van der Waals surface area contributed by atoms with Crippen molar-refractivity contribution in [2.45, 2.75) is 18.8 Å². The van der Waals surface area contributed by atoms with Gasteiger partial charge in [-0.1, -0.05) is 12.1 Å². The van der Waals surface area contributed by atoms with Gasteiger partial charge in [0.1, 0.15) is 11.6 Å². The molecule has 3 nitrogen and oxygen atoms in total. The first-order valence-electron chi connectivity index (χ1n) is 5.19. The average molecular weight is 200 g/mol. The highest BCUT2D eigenvalue weighted by atomic mass is 16.1. The van der Waals surface area contributed by atoms with Crippen molar-refractivity contribution in [3.8, 4) is 0 Å². The molecule has 1 aliphatic rings. The number of hydrogen-bond acceptors (Lipinski definition) is 2. The number of carbonyl (C=O) groups is 1. The molecule has 1 aromatic carbocycles. The molecular weight excluding hydrogens is 188 g/mol. The third kappa shape index (κ3) is 1.19. The third-order valence-electron chi connectivity index (χ3n) is 3.14. The summed E-state index contributed by atoms with van der Waals surface area (Å²) in [7, 11) is 2.02. The van der Waals surface area contributed by atoms with Crippen LogP contribution in [0.1, 0.15) is 24.6 Å². The molecule has 1 fully saturated rings. The maximum atomic E-state index is 11.0. The summed E-state index contributed by atoms with van der Waals surface area (Å²) < 4.78 is 2.10. The highest BCUT2D eigenvalue weighted by Gasteiger charge is 2.31. The lowest BCUT2D eigenvalue weighted by Gasteiger charge is -2.23. The maximum absolute atomic E-state index is 11.0. The van der Waals surface area contributed by atoms with Crippen molar-refractivity contribution in [2.24, 2.45) is 7.05 Å². The minimum absolute atomic E-state index is 0.342. The zero-order chi connectivity index (χ0) is 10.4. The summed E-state index contributed by atoms with van der Waals surface area (Å²) >= 11 is 0. The van der Waals surface area contributed by atoms with E-state index in [4.69, 9.17) is 0 Å². The smallest absolute Gasteiger partial charge is 0.134 e. The first-order chi connectivity index (χ1) is 7.25. The van der Waals surface area contributed by atoms with Crippen molar-refractivity contribution < 1.29 is 4.79 Å². The van der Waals surface area contributed by atoms with E-state index in [1.165, 1.54) is 0 Å². The van der Waals surface area contributed by atoms with Crippen LogP contribution in [0.3, 0.4) is 0 Å². The second-order valence-electron chi connectivity index (χ2n) is 4.16. The molecule has 1 aromatic heterocycles. The van der Waals surface area contributed by atoms with E-state index in [2.05, 4.69) is 15.6 Å². The Bertz CT molecular complexity index is 534. The first kappa shape index (κ1) is 8.65. The minimum atomic E-state index is 0.342. The summed E-state index contributed by atoms with van der Waals surface area (Å²) in [4.78, 5) is 15.6. The van der Waals surface area contributed by atoms with E-state index in [1.807, 2.05) is 25.2 Å². The number of aromatic nitrogens is 2. The Hall–Kier alpha value is -1.64. The van der Waals surface area contributed by atoms with Gasteiger partial charge in [-0.05, 0) is 12.1 Å². The molecule has 2 aromatic rings. The number of Topliss-reactive ketones (excluding diaryl/α,β-unsaturated/α-hetero) is 1. The molecule has 76 valence electrons. The Morgan fingerprint density at radius 2 is 2.07 bits per heavy atom. The second-order valence-corrected chi connectivity index (χ2v) is 4.16. The van der Waals surface area contributed by atoms with Gasteiger partial charge in [-0.2, -0.15) is 0 Å². The summed E-state index contributed by atoms with van der Waals surface area (Å²) in [5, 5.41) is 0. The Balaban J connectivity index is 2.11. The lowest BCUT2D eigenvalue weighted by Crippen LogP contribution is -2.23. The number of hydrogen-bond donors (Lipinski definition) is 0. The van der Waals surface area contributed by atoms with Crippen LogP contribution in [-0.4, -0.2) is 15.3 Å². The van der Waals surface area contributed by atoms with Gasteiger partial charge >= 0.3 is 0 Å². The van der Waals surface area contributed by atoms with Crippen LogP contribution in [0.4, 0.5) is 0 Å². The molecule has 0 amide bonds. The van der Waals surface area contributed by atoms with Gasteiger partial charge in [0.25, 0.3) is 0 Å². The molecule has 1 saturated carbocycles. The predicted molar refractivity (Wildman–Crippen MR) is 57.7 cm³/mol. The highest BCUT2D eigenvalue weighted by Crippen LogP contribution is 2.34. The van der Waals surface area contributed by atoms with Crippen LogP contribution < -0.4 is 0 Å². The molecule has 15 heavy (non-hydrogen) atoms. The zero-order valence-corrected chi connectivity index (χ0v) is 8.60. The van der Waals surface area contributed by atoms with Crippen molar-refractivity contribution in [1.29, 1.82) is 0 Å². The lowest BCUT2D eigenvalue weighted by molar-refractivity contribution is -0.124. The Kier molecular flexibility index (Phi) is 1.69. The summed E-state index contributed by atoms with van der Waals surface area (Å²) in [6, 6.07) is 8.08. The fourth-order valence-electron chi connectivity index (χ4n) is 2.20. The lowest BCUT2D eigenvalue weighted by atomic mass is 9.83. The van der Waals surface area contributed by atoms with Crippen molar-refractivity contribution in [3.05, 3.63) is 30.1 Å². The monoisotopic (exact) mass is 200 g/mol. The molecule has 0 bridgehead atoms. The summed E-state index contributed by atoms with van der Waals surface area (Å²) in [6.45, 7) is 0. The molecular formula is C12H12N2O. The van der Waals surface area contributed by atoms with Gasteiger partial charge in [-0.25, -0.2) is 4.98 Å². The maximum Gasteiger partial charge on any atom is 0.134 e. The van der Waals surface area contributed by atoms with E-state index >= 15 is 0 Å². The molecule has 0 radical (unpaired) electrons. The van der Waals surface area contributed by atoms with Crippen LogP contribution in [-0.2, 0) is 11.8 Å². The van der Waals surface area contributed by atoms with Crippen molar-refractivity contribution in [3.63, 3.8) is 0 Å². The standard InChI is InChI=1S/C12H12N2O/c1-14-11-5-3-2-4-10(11)13-12(14)8-6-9(15)7-8/h2-5,8H,6-7H2,1H3. The molecule has 0 saturated heterocycles. The Labute approximate surface area is 87.7 Å². The van der Waals surface area contributed by atoms with Gasteiger partial charge in [0.2, 0.25) is 0 Å². The average Bonchev–Trinajstić information content (AvgIpc) is 2.52. The number of carbonyl (C=O) groups excluding carboxylic acids is 1. The molecule has 0 atom stereocenters. The highest BCUT2D eigenvalue weighted by molar-refractivity contribution is 5.86. The molecule has 0 spiro atoms. The Morgan fingerprint density at radius 3 is 2.73 bits per heavy atom. The van der Waals surface area contributed by atoms with Crippen molar-refractivity contribution in [1.82, 2.24) is 9.55 Å². The van der Waals surface area contributed by atoms with E-state index in [0.29, 0.717) is 24.5 Å². The molecule has 1 heterocycles. The summed E-state index contributed by atoms with van der Waals surface area (Å²) in [5.41, 5.74) is 2.17. The largest absolute Gasteiger partial charge is 0.331 e. The number of aryl methyl sites for hydroxylation is 1. The number of rotatable bonds is 1. The summed E-state index contributed by atoms with van der Waals surface area (Å²) in [5.74, 6) is 1.75. The third-order valence-corrected chi connectivity index (χ3v) is 3.14. The van der Waals surface area contributed by atoms with Crippen LogP contribution in [0.25, 0.3) is 11.0 Å². The number of nitrogens with zero attached hydrogens (tertiary/aromatic N) is 2. The molecule has 3 rings (SSSR count). The predicted octanol–water partition coefficient (Wildman–Crippen LogP) is 2.02. The number of imidazole rings is 1. The molecule has 0 unspecified atom stereocenters. The van der Waals surface area contributed by atoms with Crippen LogP contribution in [0, 0.1) is 0 Å². The van der Waals surface area contributed by atoms with Gasteiger partial charge in [0.15, 0.2) is 0 Å². The number of para-hydroxylation sites is 2. The number of fused-ring (bicyclic) bond motifs is 1. The van der Waals surface area contributed by atoms with Gasteiger partial charge < -0.3 is 4.57 Å². The van der Waals surface area contributed by atoms with E-state index in [9.17, 15) is 4.79 Å². The zero-order valence-electron chi connectivity index (χ0n) is 8.60. The topological polar surface area (TPSA) is 34.9 Å². The van der Waals surface area contributed by atoms with E-state index in [-0.39, 0.29) is 0 Å². The van der Waals surface area contributed by atoms with E-state index in [1.54, 1.807) is 0 Å². The van der Waals surface area contributed by atoms with Crippen LogP contribution in [0.2, 0.25) is 0 Å². The van der Waals surface area contributed by atoms with Crippen LogP contribution in [0.15, 0.2) is 24.3 Å². The first-order valence-corrected chi connectivity index (χ1v) is 5.19. The van der Waals surface area contributed by atoms with Crippen LogP contribution >= 0.6 is 0 Å². The second kappa shape index (κ2) is 2.92. The van der Waals surface area contributed by atoms with Gasteiger partial charge in [-0.15, -0.1) is 0 Å². The Morgan fingerprint density at radius 1 is 1.33 bits per heavy atom. The number of ketones is 1. The summed E-state index contributed by atoms with van der Waals surface area (Å²) in [6.07, 6.45) is 1.33. The van der Waals surface area contributed by atoms with Gasteiger partial charge in [-0.3, -0.25) is 4.79 Å². The van der Waals surface area contributed by atoms with Gasteiger partial charge in [0, 0.05) is 25.8 Å².